The Balaban J connectivity index is 1.35. The maximum absolute atomic E-state index is 12.4. The summed E-state index contributed by atoms with van der Waals surface area (Å²) in [7, 11) is 0. The van der Waals surface area contributed by atoms with Crippen LogP contribution >= 0.6 is 0 Å². The lowest BCUT2D eigenvalue weighted by Crippen LogP contribution is -2.38. The van der Waals surface area contributed by atoms with Crippen molar-refractivity contribution in [3.63, 3.8) is 0 Å². The fourth-order valence-electron chi connectivity index (χ4n) is 4.01. The van der Waals surface area contributed by atoms with Gasteiger partial charge in [0.1, 0.15) is 19.7 Å². The second-order valence-corrected chi connectivity index (χ2v) is 7.72. The summed E-state index contributed by atoms with van der Waals surface area (Å²) < 4.78 is 6.78. The first-order chi connectivity index (χ1) is 16.5. The first-order valence-electron chi connectivity index (χ1n) is 10.5. The minimum atomic E-state index is -1.17. The van der Waals surface area contributed by atoms with Crippen LogP contribution in [-0.4, -0.2) is 57.5 Å². The van der Waals surface area contributed by atoms with E-state index in [2.05, 4.69) is 28.5 Å². The van der Waals surface area contributed by atoms with Crippen LogP contribution in [0.2, 0.25) is 0 Å². The number of carboxylic acids is 1. The van der Waals surface area contributed by atoms with E-state index in [0.717, 1.165) is 27.2 Å². The van der Waals surface area contributed by atoms with Gasteiger partial charge in [0.2, 0.25) is 5.91 Å². The molecule has 9 heteroatoms. The number of rotatable bonds is 8. The fourth-order valence-corrected chi connectivity index (χ4v) is 4.01. The molecular weight excluding hydrogens is 436 g/mol. The molecule has 9 nitrogen and oxygen atoms in total. The lowest BCUT2D eigenvalue weighted by Gasteiger charge is -2.17. The number of benzene rings is 2. The van der Waals surface area contributed by atoms with Gasteiger partial charge in [-0.05, 0) is 22.3 Å². The Morgan fingerprint density at radius 3 is 2.38 bits per heavy atom. The van der Waals surface area contributed by atoms with Crippen LogP contribution in [-0.2, 0) is 20.9 Å². The number of aromatic nitrogens is 2. The predicted octanol–water partition coefficient (Wildman–Crippen LogP) is 2.79. The Morgan fingerprint density at radius 2 is 1.76 bits per heavy atom. The van der Waals surface area contributed by atoms with Crippen LogP contribution in [0, 0.1) is 12.3 Å². The smallest absolute Gasteiger partial charge is 0.411 e. The lowest BCUT2D eigenvalue weighted by atomic mass is 9.98. The highest BCUT2D eigenvalue weighted by molar-refractivity contribution is 5.85. The van der Waals surface area contributed by atoms with Gasteiger partial charge in [0.15, 0.2) is 0 Å². The van der Waals surface area contributed by atoms with Gasteiger partial charge in [-0.2, -0.15) is 5.10 Å². The summed E-state index contributed by atoms with van der Waals surface area (Å²) in [6, 6.07) is 16.1. The number of terminal acetylenes is 1. The summed E-state index contributed by atoms with van der Waals surface area (Å²) in [5.74, 6) is 0.530. The molecule has 1 aliphatic rings. The van der Waals surface area contributed by atoms with Gasteiger partial charge in [-0.15, -0.1) is 6.42 Å². The van der Waals surface area contributed by atoms with Crippen LogP contribution in [0.1, 0.15) is 17.0 Å². The molecule has 0 unspecified atom stereocenters. The molecule has 0 fully saturated rings. The highest BCUT2D eigenvalue weighted by Gasteiger charge is 2.29. The van der Waals surface area contributed by atoms with E-state index in [0.29, 0.717) is 5.69 Å². The summed E-state index contributed by atoms with van der Waals surface area (Å²) in [6.45, 7) is -0.684. The van der Waals surface area contributed by atoms with Crippen molar-refractivity contribution < 1.29 is 24.2 Å². The number of carbonyl (C=O) groups is 3. The number of amides is 2. The van der Waals surface area contributed by atoms with Crippen molar-refractivity contribution in [1.29, 1.82) is 0 Å². The molecule has 0 spiro atoms. The zero-order valence-corrected chi connectivity index (χ0v) is 18.2. The number of fused-ring (bicyclic) bond motifs is 3. The molecule has 2 amide bonds. The Kier molecular flexibility index (Phi) is 6.59. The molecule has 1 heterocycles. The van der Waals surface area contributed by atoms with E-state index in [4.69, 9.17) is 16.3 Å². The zero-order valence-electron chi connectivity index (χ0n) is 18.2. The number of nitrogens with one attached hydrogen (secondary N) is 1. The van der Waals surface area contributed by atoms with Crippen molar-refractivity contribution in [1.82, 2.24) is 14.7 Å². The molecule has 4 rings (SSSR count). The lowest BCUT2D eigenvalue weighted by molar-refractivity contribution is -0.144. The van der Waals surface area contributed by atoms with Gasteiger partial charge >= 0.3 is 12.1 Å². The number of carbonyl (C=O) groups excluding carboxylic acids is 2. The van der Waals surface area contributed by atoms with Gasteiger partial charge < -0.3 is 14.7 Å². The Hall–Kier alpha value is -4.58. The number of aliphatic carboxylic acids is 1. The molecule has 0 bridgehead atoms. The molecule has 0 atom stereocenters. The standard InChI is InChI=1S/C25H22N4O5/c1-2-11-28(15-24(31)32)23(30)14-29-13-17(12-26-29)27-25(33)34-16-22-20-9-5-3-7-18(20)19-8-4-6-10-21(19)22/h1,3-10,12-13,22H,11,14-16H2,(H,27,33)(H,31,32). The average Bonchev–Trinajstić information content (AvgIpc) is 3.39. The molecule has 2 aromatic carbocycles. The SMILES string of the molecule is C#CCN(CC(=O)O)C(=O)Cn1cc(NC(=O)OCC2c3ccccc3-c3ccccc32)cn1. The van der Waals surface area contributed by atoms with Gasteiger partial charge in [-0.1, -0.05) is 54.5 Å². The molecule has 0 radical (unpaired) electrons. The van der Waals surface area contributed by atoms with Crippen molar-refractivity contribution in [3.8, 4) is 23.5 Å². The largest absolute Gasteiger partial charge is 0.480 e. The molecule has 1 aliphatic carbocycles. The van der Waals surface area contributed by atoms with Gasteiger partial charge in [0.25, 0.3) is 0 Å². The predicted molar refractivity (Wildman–Crippen MR) is 124 cm³/mol. The van der Waals surface area contributed by atoms with Crippen LogP contribution in [0.25, 0.3) is 11.1 Å². The number of hydrogen-bond acceptors (Lipinski definition) is 5. The number of carboxylic acid groups (broad SMARTS) is 1. The minimum Gasteiger partial charge on any atom is -0.480 e. The van der Waals surface area contributed by atoms with Crippen molar-refractivity contribution in [2.24, 2.45) is 0 Å². The third-order valence-electron chi connectivity index (χ3n) is 5.48. The maximum atomic E-state index is 12.4. The third-order valence-corrected chi connectivity index (χ3v) is 5.48. The van der Waals surface area contributed by atoms with E-state index in [9.17, 15) is 14.4 Å². The zero-order chi connectivity index (χ0) is 24.1. The topological polar surface area (TPSA) is 114 Å². The summed E-state index contributed by atoms with van der Waals surface area (Å²) in [6.07, 6.45) is 7.38. The second-order valence-electron chi connectivity index (χ2n) is 7.72. The molecule has 0 saturated carbocycles. The van der Waals surface area contributed by atoms with Gasteiger partial charge in [-0.25, -0.2) is 4.79 Å². The van der Waals surface area contributed by atoms with E-state index < -0.39 is 24.5 Å². The van der Waals surface area contributed by atoms with Crippen LogP contribution < -0.4 is 5.32 Å². The van der Waals surface area contributed by atoms with Crippen LogP contribution in [0.5, 0.6) is 0 Å². The summed E-state index contributed by atoms with van der Waals surface area (Å²) in [4.78, 5) is 36.7. The van der Waals surface area contributed by atoms with Gasteiger partial charge in [0.05, 0.1) is 18.4 Å². The average molecular weight is 458 g/mol. The highest BCUT2D eigenvalue weighted by Crippen LogP contribution is 2.44. The van der Waals surface area contributed by atoms with Crippen molar-refractivity contribution >= 4 is 23.7 Å². The van der Waals surface area contributed by atoms with Crippen LogP contribution in [0.3, 0.4) is 0 Å². The van der Waals surface area contributed by atoms with Crippen molar-refractivity contribution in [2.45, 2.75) is 12.5 Å². The van der Waals surface area contributed by atoms with E-state index in [-0.39, 0.29) is 25.6 Å². The molecule has 172 valence electrons. The van der Waals surface area contributed by atoms with E-state index in [1.54, 1.807) is 0 Å². The Morgan fingerprint density at radius 1 is 1.12 bits per heavy atom. The van der Waals surface area contributed by atoms with Gasteiger partial charge in [0, 0.05) is 12.1 Å². The van der Waals surface area contributed by atoms with Crippen LogP contribution in [0.15, 0.2) is 60.9 Å². The number of anilines is 1. The fraction of sp³-hybridized carbons (Fsp3) is 0.200. The van der Waals surface area contributed by atoms with E-state index in [1.165, 1.54) is 17.1 Å². The summed E-state index contributed by atoms with van der Waals surface area (Å²) in [5.41, 5.74) is 4.84. The molecule has 0 aliphatic heterocycles. The summed E-state index contributed by atoms with van der Waals surface area (Å²) in [5, 5.41) is 15.5. The van der Waals surface area contributed by atoms with Crippen LogP contribution in [0.4, 0.5) is 10.5 Å². The van der Waals surface area contributed by atoms with E-state index in [1.807, 2.05) is 36.4 Å². The Bertz CT molecular complexity index is 1230. The van der Waals surface area contributed by atoms with E-state index >= 15 is 0 Å². The molecular formula is C25H22N4O5. The minimum absolute atomic E-state index is 0.0603. The highest BCUT2D eigenvalue weighted by atomic mass is 16.5. The third kappa shape index (κ3) is 4.91. The van der Waals surface area contributed by atoms with Crippen molar-refractivity contribution in [2.75, 3.05) is 25.0 Å². The van der Waals surface area contributed by atoms with Crippen molar-refractivity contribution in [3.05, 3.63) is 72.1 Å². The maximum Gasteiger partial charge on any atom is 0.411 e. The monoisotopic (exact) mass is 458 g/mol. The molecule has 3 aromatic rings. The number of hydrogen-bond donors (Lipinski definition) is 2. The molecule has 0 saturated heterocycles. The first-order valence-corrected chi connectivity index (χ1v) is 10.5. The molecule has 2 N–H and O–H groups in total. The molecule has 1 aromatic heterocycles. The number of ether oxygens (including phenoxy) is 1. The first kappa shape index (κ1) is 22.6. The summed E-state index contributed by atoms with van der Waals surface area (Å²) >= 11 is 0. The molecule has 34 heavy (non-hydrogen) atoms. The number of nitrogens with zero attached hydrogens (tertiary/aromatic N) is 3. The quantitative estimate of drug-likeness (QED) is 0.502. The second kappa shape index (κ2) is 9.92. The normalized spacial score (nSPS) is 11.7. The Labute approximate surface area is 195 Å². The van der Waals surface area contributed by atoms with Gasteiger partial charge in [-0.3, -0.25) is 19.6 Å².